The van der Waals surface area contributed by atoms with E-state index in [4.69, 9.17) is 38.4 Å². The average molecular weight is 453 g/mol. The SMILES string of the molecule is Cc1ccc(COc2c(Cl)cc([C@@H]3C(C#N)=C(N)Oc4cc(O)ccc43)cc2Cl)cc1. The van der Waals surface area contributed by atoms with Crippen LogP contribution in [0, 0.1) is 18.3 Å². The molecule has 0 spiro atoms. The van der Waals surface area contributed by atoms with Crippen LogP contribution in [-0.2, 0) is 6.61 Å². The van der Waals surface area contributed by atoms with Crippen LogP contribution in [0.4, 0.5) is 0 Å². The minimum absolute atomic E-state index is 0.0293. The van der Waals surface area contributed by atoms with Crippen LogP contribution in [0.25, 0.3) is 0 Å². The van der Waals surface area contributed by atoms with Crippen molar-refractivity contribution in [2.45, 2.75) is 19.4 Å². The second-order valence-electron chi connectivity index (χ2n) is 7.23. The molecule has 1 atom stereocenters. The highest BCUT2D eigenvalue weighted by Gasteiger charge is 2.31. The predicted octanol–water partition coefficient (Wildman–Crippen LogP) is 5.80. The molecule has 1 heterocycles. The second kappa shape index (κ2) is 8.43. The van der Waals surface area contributed by atoms with E-state index in [-0.39, 0.29) is 17.2 Å². The van der Waals surface area contributed by atoms with E-state index in [1.807, 2.05) is 31.2 Å². The number of ether oxygens (including phenoxy) is 2. The third kappa shape index (κ3) is 4.13. The average Bonchev–Trinajstić information content (AvgIpc) is 2.73. The van der Waals surface area contributed by atoms with Crippen molar-refractivity contribution < 1.29 is 14.6 Å². The number of hydrogen-bond acceptors (Lipinski definition) is 5. The predicted molar refractivity (Wildman–Crippen MR) is 119 cm³/mol. The van der Waals surface area contributed by atoms with Gasteiger partial charge in [0.25, 0.3) is 0 Å². The lowest BCUT2D eigenvalue weighted by Crippen LogP contribution is -2.21. The molecule has 3 aromatic carbocycles. The third-order valence-electron chi connectivity index (χ3n) is 5.06. The lowest BCUT2D eigenvalue weighted by molar-refractivity contribution is 0.306. The van der Waals surface area contributed by atoms with Crippen molar-refractivity contribution in [1.29, 1.82) is 5.26 Å². The molecule has 0 aromatic heterocycles. The maximum atomic E-state index is 9.79. The number of rotatable bonds is 4. The van der Waals surface area contributed by atoms with Crippen LogP contribution in [0.3, 0.4) is 0 Å². The van der Waals surface area contributed by atoms with Crippen molar-refractivity contribution in [3.05, 3.63) is 98.4 Å². The minimum Gasteiger partial charge on any atom is -0.508 e. The fraction of sp³-hybridized carbons (Fsp3) is 0.125. The summed E-state index contributed by atoms with van der Waals surface area (Å²) in [5.41, 5.74) is 9.69. The zero-order valence-corrected chi connectivity index (χ0v) is 18.0. The largest absolute Gasteiger partial charge is 0.508 e. The van der Waals surface area contributed by atoms with Gasteiger partial charge in [0, 0.05) is 11.6 Å². The Labute approximate surface area is 189 Å². The molecule has 0 amide bonds. The van der Waals surface area contributed by atoms with Gasteiger partial charge < -0.3 is 20.3 Å². The molecule has 1 aliphatic heterocycles. The van der Waals surface area contributed by atoms with E-state index in [0.717, 1.165) is 11.1 Å². The summed E-state index contributed by atoms with van der Waals surface area (Å²) in [4.78, 5) is 0. The zero-order valence-electron chi connectivity index (χ0n) is 16.5. The molecule has 3 aromatic rings. The molecule has 7 heteroatoms. The van der Waals surface area contributed by atoms with Gasteiger partial charge in [-0.15, -0.1) is 0 Å². The molecule has 0 aliphatic carbocycles. The van der Waals surface area contributed by atoms with Gasteiger partial charge >= 0.3 is 0 Å². The van der Waals surface area contributed by atoms with E-state index in [2.05, 4.69) is 6.07 Å². The minimum atomic E-state index is -0.546. The van der Waals surface area contributed by atoms with Gasteiger partial charge in [-0.1, -0.05) is 59.1 Å². The molecule has 0 saturated carbocycles. The number of allylic oxidation sites excluding steroid dienone is 1. The molecule has 0 unspecified atom stereocenters. The number of halogens is 2. The lowest BCUT2D eigenvalue weighted by atomic mass is 9.83. The highest BCUT2D eigenvalue weighted by molar-refractivity contribution is 6.37. The quantitative estimate of drug-likeness (QED) is 0.521. The highest BCUT2D eigenvalue weighted by atomic mass is 35.5. The first-order chi connectivity index (χ1) is 14.9. The molecule has 0 saturated heterocycles. The Kier molecular flexibility index (Phi) is 5.69. The number of aryl methyl sites for hydroxylation is 1. The fourth-order valence-corrected chi connectivity index (χ4v) is 4.12. The molecule has 4 rings (SSSR count). The number of phenolic OH excluding ortho intramolecular Hbond substituents is 1. The Hall–Kier alpha value is -3.33. The van der Waals surface area contributed by atoms with Gasteiger partial charge in [0.2, 0.25) is 5.88 Å². The maximum Gasteiger partial charge on any atom is 0.205 e. The summed E-state index contributed by atoms with van der Waals surface area (Å²) >= 11 is 13.0. The van der Waals surface area contributed by atoms with Crippen molar-refractivity contribution in [3.63, 3.8) is 0 Å². The third-order valence-corrected chi connectivity index (χ3v) is 5.62. The first-order valence-electron chi connectivity index (χ1n) is 9.45. The van der Waals surface area contributed by atoms with Crippen LogP contribution < -0.4 is 15.2 Å². The fourth-order valence-electron chi connectivity index (χ4n) is 3.51. The van der Waals surface area contributed by atoms with Crippen LogP contribution in [-0.4, -0.2) is 5.11 Å². The summed E-state index contributed by atoms with van der Waals surface area (Å²) in [5, 5.41) is 20.1. The number of phenols is 1. The maximum absolute atomic E-state index is 9.79. The Morgan fingerprint density at radius 2 is 1.77 bits per heavy atom. The van der Waals surface area contributed by atoms with Gasteiger partial charge in [-0.2, -0.15) is 5.26 Å². The van der Waals surface area contributed by atoms with Crippen molar-refractivity contribution in [2.75, 3.05) is 0 Å². The van der Waals surface area contributed by atoms with E-state index in [1.165, 1.54) is 12.1 Å². The summed E-state index contributed by atoms with van der Waals surface area (Å²) in [7, 11) is 0. The summed E-state index contributed by atoms with van der Waals surface area (Å²) in [6.07, 6.45) is 0. The molecule has 31 heavy (non-hydrogen) atoms. The molecule has 5 nitrogen and oxygen atoms in total. The van der Waals surface area contributed by atoms with Crippen LogP contribution in [0.1, 0.15) is 28.2 Å². The molecule has 0 bridgehead atoms. The number of hydrogen-bond donors (Lipinski definition) is 2. The molecule has 1 aliphatic rings. The van der Waals surface area contributed by atoms with E-state index in [1.54, 1.807) is 18.2 Å². The van der Waals surface area contributed by atoms with Gasteiger partial charge in [0.05, 0.1) is 16.0 Å². The number of nitrogens with two attached hydrogens (primary N) is 1. The van der Waals surface area contributed by atoms with E-state index in [0.29, 0.717) is 39.3 Å². The smallest absolute Gasteiger partial charge is 0.205 e. The first kappa shape index (κ1) is 20.9. The Morgan fingerprint density at radius 3 is 2.42 bits per heavy atom. The molecule has 0 radical (unpaired) electrons. The van der Waals surface area contributed by atoms with Crippen LogP contribution in [0.2, 0.25) is 10.0 Å². The van der Waals surface area contributed by atoms with E-state index >= 15 is 0 Å². The Morgan fingerprint density at radius 1 is 1.10 bits per heavy atom. The monoisotopic (exact) mass is 452 g/mol. The lowest BCUT2D eigenvalue weighted by Gasteiger charge is -2.27. The Bertz CT molecular complexity index is 1210. The van der Waals surface area contributed by atoms with Crippen molar-refractivity contribution in [3.8, 4) is 23.3 Å². The van der Waals surface area contributed by atoms with Crippen LogP contribution in [0.5, 0.6) is 17.2 Å². The van der Waals surface area contributed by atoms with Crippen molar-refractivity contribution in [1.82, 2.24) is 0 Å². The standard InChI is InChI=1S/C24H18Cl2N2O3/c1-13-2-4-14(5-3-13)12-30-23-19(25)8-15(9-20(23)26)22-17-7-6-16(29)10-21(17)31-24(28)18(22)11-27/h2-10,22,29H,12,28H2,1H3/t22-/m0/s1. The molecule has 156 valence electrons. The van der Waals surface area contributed by atoms with Gasteiger partial charge in [-0.3, -0.25) is 0 Å². The first-order valence-corrected chi connectivity index (χ1v) is 10.2. The Balaban J connectivity index is 1.70. The number of benzene rings is 3. The highest BCUT2D eigenvalue weighted by Crippen LogP contribution is 2.46. The molecular formula is C24H18Cl2N2O3. The summed E-state index contributed by atoms with van der Waals surface area (Å²) in [6, 6.07) is 18.1. The molecule has 0 fully saturated rings. The summed E-state index contributed by atoms with van der Waals surface area (Å²) in [5.74, 6) is 0.184. The van der Waals surface area contributed by atoms with E-state index in [9.17, 15) is 10.4 Å². The van der Waals surface area contributed by atoms with Gasteiger partial charge in [-0.25, -0.2) is 0 Å². The van der Waals surface area contributed by atoms with Crippen molar-refractivity contribution >= 4 is 23.2 Å². The number of fused-ring (bicyclic) bond motifs is 1. The topological polar surface area (TPSA) is 88.5 Å². The van der Waals surface area contributed by atoms with E-state index < -0.39 is 5.92 Å². The van der Waals surface area contributed by atoms with Crippen molar-refractivity contribution in [2.24, 2.45) is 5.73 Å². The van der Waals surface area contributed by atoms with Crippen LogP contribution in [0.15, 0.2) is 66.1 Å². The zero-order chi connectivity index (χ0) is 22.1. The summed E-state index contributed by atoms with van der Waals surface area (Å²) < 4.78 is 11.4. The van der Waals surface area contributed by atoms with Gasteiger partial charge in [0.1, 0.15) is 29.7 Å². The normalized spacial score (nSPS) is 15.1. The number of aromatic hydroxyl groups is 1. The summed E-state index contributed by atoms with van der Waals surface area (Å²) in [6.45, 7) is 2.33. The van der Waals surface area contributed by atoms with Crippen LogP contribution >= 0.6 is 23.2 Å². The van der Waals surface area contributed by atoms with Gasteiger partial charge in [-0.05, 0) is 36.2 Å². The number of nitrogens with zero attached hydrogens (tertiary/aromatic N) is 1. The number of nitriles is 1. The second-order valence-corrected chi connectivity index (χ2v) is 8.05. The van der Waals surface area contributed by atoms with Gasteiger partial charge in [0.15, 0.2) is 5.75 Å². The molecule has 3 N–H and O–H groups in total. The molecular weight excluding hydrogens is 435 g/mol.